The summed E-state index contributed by atoms with van der Waals surface area (Å²) in [5.41, 5.74) is -0.301. The van der Waals surface area contributed by atoms with Gasteiger partial charge in [-0.25, -0.2) is 9.37 Å². The summed E-state index contributed by atoms with van der Waals surface area (Å²) in [5, 5.41) is 0. The van der Waals surface area contributed by atoms with Gasteiger partial charge in [0.05, 0.1) is 19.7 Å². The average Bonchev–Trinajstić information content (AvgIpc) is 2.86. The zero-order chi connectivity index (χ0) is 15.9. The molecule has 0 bridgehead atoms. The largest absolute Gasteiger partial charge is 0.475 e. The second-order valence-electron chi connectivity index (χ2n) is 6.82. The highest BCUT2D eigenvalue weighted by atomic mass is 19.1. The Kier molecular flexibility index (Phi) is 3.71. The number of rotatable bonds is 4. The van der Waals surface area contributed by atoms with Gasteiger partial charge >= 0.3 is 0 Å². The highest BCUT2D eigenvalue weighted by Gasteiger charge is 2.55. The zero-order valence-corrected chi connectivity index (χ0v) is 13.0. The Hall–Kier alpha value is -1.69. The van der Waals surface area contributed by atoms with Crippen molar-refractivity contribution in [1.82, 2.24) is 9.88 Å². The van der Waals surface area contributed by atoms with Crippen LogP contribution in [0.2, 0.25) is 0 Å². The van der Waals surface area contributed by atoms with Crippen molar-refractivity contribution in [2.45, 2.75) is 31.3 Å². The summed E-state index contributed by atoms with van der Waals surface area (Å²) in [7, 11) is 0. The summed E-state index contributed by atoms with van der Waals surface area (Å²) in [5.74, 6) is 0.264. The number of ether oxygens (including phenoxy) is 2. The second-order valence-corrected chi connectivity index (χ2v) is 6.82. The maximum Gasteiger partial charge on any atom is 0.250 e. The van der Waals surface area contributed by atoms with Gasteiger partial charge in [0.15, 0.2) is 5.82 Å². The van der Waals surface area contributed by atoms with Crippen LogP contribution in [0.3, 0.4) is 0 Å². The van der Waals surface area contributed by atoms with E-state index in [2.05, 4.69) is 4.98 Å². The first-order valence-electron chi connectivity index (χ1n) is 8.34. The number of nitrogens with zero attached hydrogens (tertiary/aromatic N) is 2. The average molecular weight is 320 g/mol. The maximum absolute atomic E-state index is 13.6. The molecule has 3 aliphatic rings. The molecule has 1 amide bonds. The molecular weight excluding hydrogens is 299 g/mol. The number of carbonyl (C=O) groups excluding carboxylic acids is 1. The molecule has 0 N–H and O–H groups in total. The number of hydrogen-bond acceptors (Lipinski definition) is 4. The van der Waals surface area contributed by atoms with Crippen molar-refractivity contribution in [2.24, 2.45) is 11.8 Å². The van der Waals surface area contributed by atoms with Crippen molar-refractivity contribution >= 4 is 5.91 Å². The van der Waals surface area contributed by atoms with Crippen LogP contribution < -0.4 is 4.74 Å². The SMILES string of the molecule is O=C(C1CCC1)N1CC2(C1)OCC[C@H]2COc1ncccc1F. The molecule has 1 spiro atoms. The lowest BCUT2D eigenvalue weighted by Crippen LogP contribution is -2.67. The van der Waals surface area contributed by atoms with E-state index in [1.807, 2.05) is 4.90 Å². The fraction of sp³-hybridized carbons (Fsp3) is 0.647. The zero-order valence-electron chi connectivity index (χ0n) is 13.0. The van der Waals surface area contributed by atoms with Crippen molar-refractivity contribution < 1.29 is 18.7 Å². The fourth-order valence-electron chi connectivity index (χ4n) is 3.70. The molecule has 4 rings (SSSR count). The van der Waals surface area contributed by atoms with Crippen LogP contribution >= 0.6 is 0 Å². The van der Waals surface area contributed by atoms with Crippen LogP contribution in [0.25, 0.3) is 0 Å². The molecule has 0 aromatic carbocycles. The third kappa shape index (κ3) is 2.59. The first-order valence-corrected chi connectivity index (χ1v) is 8.34. The number of halogens is 1. The Labute approximate surface area is 134 Å². The molecular formula is C17H21FN2O3. The predicted molar refractivity (Wildman–Crippen MR) is 80.4 cm³/mol. The molecule has 1 aliphatic carbocycles. The van der Waals surface area contributed by atoms with Crippen LogP contribution in [0, 0.1) is 17.7 Å². The predicted octanol–water partition coefficient (Wildman–Crippen LogP) is 2.02. The minimum atomic E-state index is -0.448. The second kappa shape index (κ2) is 5.74. The van der Waals surface area contributed by atoms with Crippen LogP contribution in [0.5, 0.6) is 5.88 Å². The number of aromatic nitrogens is 1. The van der Waals surface area contributed by atoms with E-state index < -0.39 is 5.82 Å². The summed E-state index contributed by atoms with van der Waals surface area (Å²) in [4.78, 5) is 18.1. The van der Waals surface area contributed by atoms with E-state index in [9.17, 15) is 9.18 Å². The fourth-order valence-corrected chi connectivity index (χ4v) is 3.70. The van der Waals surface area contributed by atoms with Gasteiger partial charge in [-0.2, -0.15) is 0 Å². The van der Waals surface area contributed by atoms with Gasteiger partial charge in [-0.3, -0.25) is 4.79 Å². The molecule has 0 radical (unpaired) electrons. The van der Waals surface area contributed by atoms with Crippen LogP contribution in [0.15, 0.2) is 18.3 Å². The maximum atomic E-state index is 13.6. The molecule has 1 atom stereocenters. The Morgan fingerprint density at radius 1 is 1.43 bits per heavy atom. The Bertz CT molecular complexity index is 599. The lowest BCUT2D eigenvalue weighted by atomic mass is 9.78. The summed E-state index contributed by atoms with van der Waals surface area (Å²) in [6.07, 6.45) is 5.60. The molecule has 1 aromatic heterocycles. The van der Waals surface area contributed by atoms with Crippen LogP contribution in [-0.4, -0.2) is 47.7 Å². The monoisotopic (exact) mass is 320 g/mol. The Morgan fingerprint density at radius 3 is 2.96 bits per heavy atom. The third-order valence-corrected chi connectivity index (χ3v) is 5.43. The lowest BCUT2D eigenvalue weighted by molar-refractivity contribution is -0.172. The molecule has 0 unspecified atom stereocenters. The van der Waals surface area contributed by atoms with Crippen LogP contribution in [0.4, 0.5) is 4.39 Å². The number of pyridine rings is 1. The summed E-state index contributed by atoms with van der Waals surface area (Å²) >= 11 is 0. The smallest absolute Gasteiger partial charge is 0.250 e. The van der Waals surface area contributed by atoms with Crippen molar-refractivity contribution in [1.29, 1.82) is 0 Å². The first-order chi connectivity index (χ1) is 11.2. The lowest BCUT2D eigenvalue weighted by Gasteiger charge is -2.51. The molecule has 6 heteroatoms. The molecule has 1 saturated carbocycles. The molecule has 124 valence electrons. The van der Waals surface area contributed by atoms with Gasteiger partial charge in [0.1, 0.15) is 5.60 Å². The Balaban J connectivity index is 1.34. The third-order valence-electron chi connectivity index (χ3n) is 5.43. The topological polar surface area (TPSA) is 51.7 Å². The standard InChI is InChI=1S/C17H21FN2O3/c18-14-5-2-7-19-15(14)22-9-13-6-8-23-17(13)10-20(11-17)16(21)12-3-1-4-12/h2,5,7,12-13H,1,3-4,6,8-11H2/t13-/m0/s1. The van der Waals surface area contributed by atoms with E-state index in [1.54, 1.807) is 0 Å². The highest BCUT2D eigenvalue weighted by Crippen LogP contribution is 2.42. The molecule has 3 heterocycles. The Morgan fingerprint density at radius 2 is 2.26 bits per heavy atom. The molecule has 3 fully saturated rings. The van der Waals surface area contributed by atoms with Gasteiger partial charge in [0.2, 0.25) is 11.8 Å². The summed E-state index contributed by atoms with van der Waals surface area (Å²) in [6.45, 7) is 2.33. The first kappa shape index (κ1) is 14.9. The van der Waals surface area contributed by atoms with Gasteiger partial charge < -0.3 is 14.4 Å². The van der Waals surface area contributed by atoms with Crippen LogP contribution in [0.1, 0.15) is 25.7 Å². The van der Waals surface area contributed by atoms with Crippen molar-refractivity contribution in [3.8, 4) is 5.88 Å². The van der Waals surface area contributed by atoms with Gasteiger partial charge in [0.25, 0.3) is 0 Å². The molecule has 23 heavy (non-hydrogen) atoms. The van der Waals surface area contributed by atoms with E-state index in [4.69, 9.17) is 9.47 Å². The molecule has 2 saturated heterocycles. The highest BCUT2D eigenvalue weighted by molar-refractivity contribution is 5.80. The molecule has 1 aromatic rings. The van der Waals surface area contributed by atoms with E-state index in [0.29, 0.717) is 26.3 Å². The normalized spacial score (nSPS) is 26.0. The number of carbonyl (C=O) groups is 1. The van der Waals surface area contributed by atoms with E-state index in [-0.39, 0.29) is 29.2 Å². The summed E-state index contributed by atoms with van der Waals surface area (Å²) in [6, 6.07) is 2.88. The minimum absolute atomic E-state index is 0.0382. The van der Waals surface area contributed by atoms with Gasteiger partial charge in [-0.15, -0.1) is 0 Å². The van der Waals surface area contributed by atoms with Crippen molar-refractivity contribution in [2.75, 3.05) is 26.3 Å². The van der Waals surface area contributed by atoms with Gasteiger partial charge in [-0.1, -0.05) is 6.42 Å². The minimum Gasteiger partial charge on any atom is -0.475 e. The van der Waals surface area contributed by atoms with E-state index in [0.717, 1.165) is 25.7 Å². The summed E-state index contributed by atoms with van der Waals surface area (Å²) < 4.78 is 25.1. The van der Waals surface area contributed by atoms with E-state index >= 15 is 0 Å². The van der Waals surface area contributed by atoms with E-state index in [1.165, 1.54) is 18.3 Å². The van der Waals surface area contributed by atoms with Crippen molar-refractivity contribution in [3.63, 3.8) is 0 Å². The van der Waals surface area contributed by atoms with Crippen molar-refractivity contribution in [3.05, 3.63) is 24.1 Å². The molecule has 5 nitrogen and oxygen atoms in total. The van der Waals surface area contributed by atoms with Gasteiger partial charge in [-0.05, 0) is 31.4 Å². The quantitative estimate of drug-likeness (QED) is 0.852. The molecule has 2 aliphatic heterocycles. The van der Waals surface area contributed by atoms with Crippen LogP contribution in [-0.2, 0) is 9.53 Å². The number of amides is 1. The number of hydrogen-bond donors (Lipinski definition) is 0. The van der Waals surface area contributed by atoms with Gasteiger partial charge in [0, 0.05) is 24.6 Å². The number of likely N-dealkylation sites (tertiary alicyclic amines) is 1.